The van der Waals surface area contributed by atoms with Crippen LogP contribution in [0.15, 0.2) is 29.2 Å². The summed E-state index contributed by atoms with van der Waals surface area (Å²) in [6.07, 6.45) is 0. The Morgan fingerprint density at radius 2 is 1.81 bits per heavy atom. The monoisotopic (exact) mass is 327 g/mol. The van der Waals surface area contributed by atoms with E-state index in [-0.39, 0.29) is 0 Å². The van der Waals surface area contributed by atoms with Crippen LogP contribution in [-0.2, 0) is 10.0 Å². The van der Waals surface area contributed by atoms with E-state index in [0.717, 1.165) is 9.75 Å². The molecule has 1 heterocycles. The van der Waals surface area contributed by atoms with Gasteiger partial charge >= 0.3 is 0 Å². The summed E-state index contributed by atoms with van der Waals surface area (Å²) < 4.78 is 37.8. The zero-order chi connectivity index (χ0) is 15.6. The SMILES string of the molecule is COc1ccc(NS(=O)(=O)c2cc(C)sc2C)c(OC)c1. The summed E-state index contributed by atoms with van der Waals surface area (Å²) in [4.78, 5) is 2.00. The highest BCUT2D eigenvalue weighted by atomic mass is 32.2. The van der Waals surface area contributed by atoms with Crippen molar-refractivity contribution in [3.8, 4) is 11.5 Å². The van der Waals surface area contributed by atoms with Crippen LogP contribution in [0, 0.1) is 13.8 Å². The molecule has 21 heavy (non-hydrogen) atoms. The van der Waals surface area contributed by atoms with Gasteiger partial charge in [-0.2, -0.15) is 0 Å². The smallest absolute Gasteiger partial charge is 0.263 e. The molecule has 0 radical (unpaired) electrons. The number of hydrogen-bond donors (Lipinski definition) is 1. The minimum atomic E-state index is -3.64. The Hall–Kier alpha value is -1.73. The summed E-state index contributed by atoms with van der Waals surface area (Å²) in [6, 6.07) is 6.58. The molecule has 2 aromatic rings. The quantitative estimate of drug-likeness (QED) is 0.916. The van der Waals surface area contributed by atoms with Crippen LogP contribution in [0.3, 0.4) is 0 Å². The minimum Gasteiger partial charge on any atom is -0.497 e. The number of anilines is 1. The number of aryl methyl sites for hydroxylation is 2. The number of methoxy groups -OCH3 is 2. The van der Waals surface area contributed by atoms with Crippen LogP contribution in [0.2, 0.25) is 0 Å². The molecule has 0 saturated heterocycles. The van der Waals surface area contributed by atoms with Crippen LogP contribution in [0.25, 0.3) is 0 Å². The molecule has 0 aliphatic carbocycles. The average molecular weight is 327 g/mol. The van der Waals surface area contributed by atoms with E-state index in [9.17, 15) is 8.42 Å². The topological polar surface area (TPSA) is 64.6 Å². The van der Waals surface area contributed by atoms with Crippen LogP contribution in [-0.4, -0.2) is 22.6 Å². The second kappa shape index (κ2) is 5.95. The molecule has 0 aliphatic rings. The second-order valence-corrected chi connectivity index (χ2v) is 7.56. The zero-order valence-corrected chi connectivity index (χ0v) is 13.9. The number of ether oxygens (including phenoxy) is 2. The van der Waals surface area contributed by atoms with Crippen molar-refractivity contribution in [2.45, 2.75) is 18.7 Å². The van der Waals surface area contributed by atoms with Gasteiger partial charge in [0.25, 0.3) is 10.0 Å². The first-order chi connectivity index (χ1) is 9.87. The van der Waals surface area contributed by atoms with Crippen molar-refractivity contribution in [3.63, 3.8) is 0 Å². The molecule has 1 aromatic carbocycles. The third-order valence-corrected chi connectivity index (χ3v) is 5.52. The molecular weight excluding hydrogens is 310 g/mol. The summed E-state index contributed by atoms with van der Waals surface area (Å²) in [7, 11) is -0.619. The number of thiophene rings is 1. The van der Waals surface area contributed by atoms with Crippen LogP contribution < -0.4 is 14.2 Å². The lowest BCUT2D eigenvalue weighted by Gasteiger charge is -2.12. The Kier molecular flexibility index (Phi) is 4.43. The zero-order valence-electron chi connectivity index (χ0n) is 12.3. The molecule has 2 rings (SSSR count). The van der Waals surface area contributed by atoms with Gasteiger partial charge in [-0.15, -0.1) is 11.3 Å². The Balaban J connectivity index is 2.39. The fourth-order valence-electron chi connectivity index (χ4n) is 1.96. The first kappa shape index (κ1) is 15.7. The fourth-order valence-corrected chi connectivity index (χ4v) is 4.58. The van der Waals surface area contributed by atoms with Gasteiger partial charge in [-0.25, -0.2) is 8.42 Å². The number of sulfonamides is 1. The Bertz CT molecular complexity index is 750. The molecule has 7 heteroatoms. The van der Waals surface area contributed by atoms with E-state index in [1.807, 2.05) is 6.92 Å². The first-order valence-electron chi connectivity index (χ1n) is 6.19. The van der Waals surface area contributed by atoms with Gasteiger partial charge in [0.2, 0.25) is 0 Å². The molecular formula is C14H17NO4S2. The molecule has 0 unspecified atom stereocenters. The van der Waals surface area contributed by atoms with Crippen LogP contribution in [0.1, 0.15) is 9.75 Å². The van der Waals surface area contributed by atoms with Crippen molar-refractivity contribution < 1.29 is 17.9 Å². The highest BCUT2D eigenvalue weighted by molar-refractivity contribution is 7.93. The molecule has 0 aliphatic heterocycles. The third-order valence-electron chi connectivity index (χ3n) is 2.94. The normalized spacial score (nSPS) is 11.2. The number of nitrogens with one attached hydrogen (secondary N) is 1. The van der Waals surface area contributed by atoms with Crippen LogP contribution >= 0.6 is 11.3 Å². The summed E-state index contributed by atoms with van der Waals surface area (Å²) in [6.45, 7) is 3.67. The summed E-state index contributed by atoms with van der Waals surface area (Å²) in [5.74, 6) is 1.000. The lowest BCUT2D eigenvalue weighted by molar-refractivity contribution is 0.395. The van der Waals surface area contributed by atoms with E-state index < -0.39 is 10.0 Å². The molecule has 0 saturated carbocycles. The Morgan fingerprint density at radius 1 is 1.10 bits per heavy atom. The lowest BCUT2D eigenvalue weighted by Crippen LogP contribution is -2.13. The predicted octanol–water partition coefficient (Wildman–Crippen LogP) is 3.18. The highest BCUT2D eigenvalue weighted by Crippen LogP contribution is 2.32. The molecule has 0 fully saturated rings. The van der Waals surface area contributed by atoms with E-state index in [1.54, 1.807) is 31.2 Å². The van der Waals surface area contributed by atoms with Crippen molar-refractivity contribution in [1.29, 1.82) is 0 Å². The average Bonchev–Trinajstić information content (AvgIpc) is 2.78. The summed E-state index contributed by atoms with van der Waals surface area (Å²) in [5.41, 5.74) is 0.376. The molecule has 5 nitrogen and oxygen atoms in total. The highest BCUT2D eigenvalue weighted by Gasteiger charge is 2.21. The van der Waals surface area contributed by atoms with E-state index in [0.29, 0.717) is 22.1 Å². The van der Waals surface area contributed by atoms with Crippen molar-refractivity contribution in [1.82, 2.24) is 0 Å². The number of benzene rings is 1. The fraction of sp³-hybridized carbons (Fsp3) is 0.286. The third kappa shape index (κ3) is 3.30. The molecule has 0 spiro atoms. The lowest BCUT2D eigenvalue weighted by atomic mass is 10.3. The van der Waals surface area contributed by atoms with Crippen molar-refractivity contribution in [2.75, 3.05) is 18.9 Å². The molecule has 1 aromatic heterocycles. The number of hydrogen-bond acceptors (Lipinski definition) is 5. The molecule has 0 bridgehead atoms. The van der Waals surface area contributed by atoms with Crippen LogP contribution in [0.4, 0.5) is 5.69 Å². The van der Waals surface area contributed by atoms with Crippen molar-refractivity contribution >= 4 is 27.0 Å². The van der Waals surface area contributed by atoms with E-state index >= 15 is 0 Å². The summed E-state index contributed by atoms with van der Waals surface area (Å²) >= 11 is 1.45. The second-order valence-electron chi connectivity index (χ2n) is 4.45. The van der Waals surface area contributed by atoms with Gasteiger partial charge in [0.05, 0.1) is 19.9 Å². The van der Waals surface area contributed by atoms with Gasteiger partial charge < -0.3 is 9.47 Å². The molecule has 1 N–H and O–H groups in total. The van der Waals surface area contributed by atoms with Gasteiger partial charge in [0.1, 0.15) is 16.4 Å². The maximum atomic E-state index is 12.5. The van der Waals surface area contributed by atoms with E-state index in [4.69, 9.17) is 9.47 Å². The molecule has 114 valence electrons. The van der Waals surface area contributed by atoms with Crippen LogP contribution in [0.5, 0.6) is 11.5 Å². The molecule has 0 amide bonds. The van der Waals surface area contributed by atoms with Gasteiger partial charge in [-0.3, -0.25) is 4.72 Å². The van der Waals surface area contributed by atoms with Crippen molar-refractivity contribution in [3.05, 3.63) is 34.0 Å². The van der Waals surface area contributed by atoms with Gasteiger partial charge in [-0.05, 0) is 32.0 Å². The van der Waals surface area contributed by atoms with Gasteiger partial charge in [0.15, 0.2) is 0 Å². The maximum Gasteiger partial charge on any atom is 0.263 e. The maximum absolute atomic E-state index is 12.5. The van der Waals surface area contributed by atoms with Crippen molar-refractivity contribution in [2.24, 2.45) is 0 Å². The minimum absolute atomic E-state index is 0.294. The summed E-state index contributed by atoms with van der Waals surface area (Å²) in [5, 5.41) is 0. The standard InChI is InChI=1S/C14H17NO4S2/c1-9-7-14(10(2)20-9)21(16,17)15-12-6-5-11(18-3)8-13(12)19-4/h5-8,15H,1-4H3. The van der Waals surface area contributed by atoms with E-state index in [2.05, 4.69) is 4.72 Å². The molecule has 0 atom stereocenters. The largest absolute Gasteiger partial charge is 0.497 e. The number of rotatable bonds is 5. The van der Waals surface area contributed by atoms with Gasteiger partial charge in [-0.1, -0.05) is 0 Å². The van der Waals surface area contributed by atoms with E-state index in [1.165, 1.54) is 25.6 Å². The van der Waals surface area contributed by atoms with Gasteiger partial charge in [0, 0.05) is 15.8 Å². The Morgan fingerprint density at radius 3 is 2.33 bits per heavy atom. The Labute approximate surface area is 128 Å². The first-order valence-corrected chi connectivity index (χ1v) is 8.49. The predicted molar refractivity (Wildman–Crippen MR) is 84.1 cm³/mol.